The van der Waals surface area contributed by atoms with E-state index in [-0.39, 0.29) is 5.02 Å². The standard InChI is InChI=1S/C10H11ClFN5S/c11-9-7(2-1-3-8(9)12)6-18-10-14-15-16-17(10)5-4-13/h1-3H,4-6,13H2. The molecule has 0 aliphatic carbocycles. The second-order valence-electron chi connectivity index (χ2n) is 3.47. The van der Waals surface area contributed by atoms with Crippen LogP contribution in [0.5, 0.6) is 0 Å². The van der Waals surface area contributed by atoms with E-state index in [9.17, 15) is 4.39 Å². The van der Waals surface area contributed by atoms with E-state index < -0.39 is 5.82 Å². The van der Waals surface area contributed by atoms with Gasteiger partial charge in [-0.3, -0.25) is 0 Å². The van der Waals surface area contributed by atoms with E-state index in [1.165, 1.54) is 17.8 Å². The average Bonchev–Trinajstić information content (AvgIpc) is 2.79. The van der Waals surface area contributed by atoms with Gasteiger partial charge in [-0.25, -0.2) is 9.07 Å². The van der Waals surface area contributed by atoms with Crippen LogP contribution in [0.3, 0.4) is 0 Å². The molecule has 2 rings (SSSR count). The smallest absolute Gasteiger partial charge is 0.209 e. The molecule has 0 saturated carbocycles. The summed E-state index contributed by atoms with van der Waals surface area (Å²) in [6, 6.07) is 4.73. The Hall–Kier alpha value is -1.18. The van der Waals surface area contributed by atoms with E-state index >= 15 is 0 Å². The highest BCUT2D eigenvalue weighted by Crippen LogP contribution is 2.26. The lowest BCUT2D eigenvalue weighted by molar-refractivity contribution is 0.557. The zero-order valence-electron chi connectivity index (χ0n) is 9.38. The summed E-state index contributed by atoms with van der Waals surface area (Å²) < 4.78 is 14.9. The van der Waals surface area contributed by atoms with Crippen LogP contribution < -0.4 is 5.73 Å². The minimum atomic E-state index is -0.420. The third-order valence-corrected chi connectivity index (χ3v) is 3.66. The molecule has 0 saturated heterocycles. The van der Waals surface area contributed by atoms with Crippen LogP contribution in [0.15, 0.2) is 23.4 Å². The first-order valence-electron chi connectivity index (χ1n) is 5.24. The summed E-state index contributed by atoms with van der Waals surface area (Å²) in [5.41, 5.74) is 6.16. The normalized spacial score (nSPS) is 10.8. The molecule has 2 N–H and O–H groups in total. The van der Waals surface area contributed by atoms with Crippen molar-refractivity contribution < 1.29 is 4.39 Å². The molecule has 0 aliphatic heterocycles. The lowest BCUT2D eigenvalue weighted by atomic mass is 10.2. The van der Waals surface area contributed by atoms with E-state index in [1.54, 1.807) is 16.8 Å². The van der Waals surface area contributed by atoms with Gasteiger partial charge < -0.3 is 5.73 Å². The van der Waals surface area contributed by atoms with Crippen LogP contribution in [0.1, 0.15) is 5.56 Å². The molecule has 0 fully saturated rings. The van der Waals surface area contributed by atoms with E-state index in [4.69, 9.17) is 17.3 Å². The highest BCUT2D eigenvalue weighted by molar-refractivity contribution is 7.98. The number of rotatable bonds is 5. The van der Waals surface area contributed by atoms with Crippen molar-refractivity contribution in [3.63, 3.8) is 0 Å². The molecule has 0 spiro atoms. The molecule has 8 heteroatoms. The predicted octanol–water partition coefficient (Wildman–Crippen LogP) is 1.72. The number of hydrogen-bond donors (Lipinski definition) is 1. The van der Waals surface area contributed by atoms with Gasteiger partial charge in [0.15, 0.2) is 0 Å². The minimum Gasteiger partial charge on any atom is -0.329 e. The molecule has 5 nitrogen and oxygen atoms in total. The number of halogens is 2. The number of hydrogen-bond acceptors (Lipinski definition) is 5. The van der Waals surface area contributed by atoms with Crippen molar-refractivity contribution in [1.29, 1.82) is 0 Å². The summed E-state index contributed by atoms with van der Waals surface area (Å²) in [6.45, 7) is 1.01. The SMILES string of the molecule is NCCn1nnnc1SCc1cccc(F)c1Cl. The lowest BCUT2D eigenvalue weighted by Gasteiger charge is -2.05. The third-order valence-electron chi connectivity index (χ3n) is 2.23. The van der Waals surface area contributed by atoms with Crippen molar-refractivity contribution in [1.82, 2.24) is 20.2 Å². The fourth-order valence-electron chi connectivity index (χ4n) is 1.36. The van der Waals surface area contributed by atoms with Crippen molar-refractivity contribution in [3.8, 4) is 0 Å². The number of nitrogens with zero attached hydrogens (tertiary/aromatic N) is 4. The lowest BCUT2D eigenvalue weighted by Crippen LogP contribution is -2.12. The molecule has 0 bridgehead atoms. The minimum absolute atomic E-state index is 0.142. The molecule has 0 aliphatic rings. The van der Waals surface area contributed by atoms with Gasteiger partial charge >= 0.3 is 0 Å². The van der Waals surface area contributed by atoms with Crippen molar-refractivity contribution in [2.24, 2.45) is 5.73 Å². The van der Waals surface area contributed by atoms with Crippen LogP contribution >= 0.6 is 23.4 Å². The zero-order chi connectivity index (χ0) is 13.0. The highest BCUT2D eigenvalue weighted by Gasteiger charge is 2.10. The number of nitrogens with two attached hydrogens (primary N) is 1. The summed E-state index contributed by atoms with van der Waals surface area (Å²) in [5, 5.41) is 12.0. The molecule has 2 aromatic rings. The first-order chi connectivity index (χ1) is 8.72. The fraction of sp³-hybridized carbons (Fsp3) is 0.300. The van der Waals surface area contributed by atoms with E-state index in [0.29, 0.717) is 29.6 Å². The zero-order valence-corrected chi connectivity index (χ0v) is 11.0. The second kappa shape index (κ2) is 6.12. The molecule has 1 heterocycles. The van der Waals surface area contributed by atoms with Crippen LogP contribution in [0, 0.1) is 5.82 Å². The molecule has 96 valence electrons. The van der Waals surface area contributed by atoms with E-state index in [0.717, 1.165) is 0 Å². The van der Waals surface area contributed by atoms with Gasteiger partial charge in [-0.2, -0.15) is 0 Å². The molecule has 0 unspecified atom stereocenters. The maximum absolute atomic E-state index is 13.2. The average molecular weight is 288 g/mol. The Morgan fingerprint density at radius 1 is 1.44 bits per heavy atom. The summed E-state index contributed by atoms with van der Waals surface area (Å²) >= 11 is 7.26. The number of benzene rings is 1. The highest BCUT2D eigenvalue weighted by atomic mass is 35.5. The number of thioether (sulfide) groups is 1. The van der Waals surface area contributed by atoms with Gasteiger partial charge in [-0.15, -0.1) is 5.10 Å². The fourth-order valence-corrected chi connectivity index (χ4v) is 2.53. The van der Waals surface area contributed by atoms with E-state index in [2.05, 4.69) is 15.5 Å². The maximum Gasteiger partial charge on any atom is 0.209 e. The van der Waals surface area contributed by atoms with Crippen LogP contribution in [0.25, 0.3) is 0 Å². The summed E-state index contributed by atoms with van der Waals surface area (Å²) in [6.07, 6.45) is 0. The first kappa shape index (κ1) is 13.3. The molecule has 0 radical (unpaired) electrons. The van der Waals surface area contributed by atoms with Gasteiger partial charge in [0.05, 0.1) is 11.6 Å². The molecule has 0 amide bonds. The van der Waals surface area contributed by atoms with E-state index in [1.807, 2.05) is 0 Å². The Labute approximate surface area is 112 Å². The molecular weight excluding hydrogens is 277 g/mol. The van der Waals surface area contributed by atoms with Gasteiger partial charge in [-0.05, 0) is 22.1 Å². The van der Waals surface area contributed by atoms with Crippen LogP contribution in [-0.2, 0) is 12.3 Å². The largest absolute Gasteiger partial charge is 0.329 e. The second-order valence-corrected chi connectivity index (χ2v) is 4.80. The summed E-state index contributed by atoms with van der Waals surface area (Å²) in [4.78, 5) is 0. The van der Waals surface area contributed by atoms with Gasteiger partial charge in [-0.1, -0.05) is 35.5 Å². The number of tetrazole rings is 1. The third kappa shape index (κ3) is 2.98. The van der Waals surface area contributed by atoms with Gasteiger partial charge in [0.25, 0.3) is 0 Å². The van der Waals surface area contributed by atoms with Crippen molar-refractivity contribution in [3.05, 3.63) is 34.6 Å². The Morgan fingerprint density at radius 2 is 2.28 bits per heavy atom. The summed E-state index contributed by atoms with van der Waals surface area (Å²) in [7, 11) is 0. The quantitative estimate of drug-likeness (QED) is 0.848. The Kier molecular flexibility index (Phi) is 4.51. The molecule has 1 aromatic carbocycles. The van der Waals surface area contributed by atoms with Crippen LogP contribution in [0.4, 0.5) is 4.39 Å². The topological polar surface area (TPSA) is 69.6 Å². The Morgan fingerprint density at radius 3 is 3.06 bits per heavy atom. The predicted molar refractivity (Wildman–Crippen MR) is 67.8 cm³/mol. The maximum atomic E-state index is 13.2. The Balaban J connectivity index is 2.07. The number of aromatic nitrogens is 4. The monoisotopic (exact) mass is 287 g/mol. The van der Waals surface area contributed by atoms with Crippen LogP contribution in [-0.4, -0.2) is 26.8 Å². The first-order valence-corrected chi connectivity index (χ1v) is 6.60. The molecule has 0 atom stereocenters. The summed E-state index contributed by atoms with van der Waals surface area (Å²) in [5.74, 6) is 0.0814. The van der Waals surface area contributed by atoms with Crippen molar-refractivity contribution >= 4 is 23.4 Å². The van der Waals surface area contributed by atoms with Gasteiger partial charge in [0, 0.05) is 12.3 Å². The molecule has 18 heavy (non-hydrogen) atoms. The Bertz CT molecular complexity index is 533. The van der Waals surface area contributed by atoms with Crippen molar-refractivity contribution in [2.45, 2.75) is 17.5 Å². The van der Waals surface area contributed by atoms with Crippen LogP contribution in [0.2, 0.25) is 5.02 Å². The van der Waals surface area contributed by atoms with Crippen molar-refractivity contribution in [2.75, 3.05) is 6.54 Å². The van der Waals surface area contributed by atoms with Gasteiger partial charge in [0.2, 0.25) is 5.16 Å². The van der Waals surface area contributed by atoms with Gasteiger partial charge in [0.1, 0.15) is 5.82 Å². The molecular formula is C10H11ClFN5S. The molecule has 1 aromatic heterocycles.